The molecule has 0 radical (unpaired) electrons. The van der Waals surface area contributed by atoms with Crippen LogP contribution in [0.2, 0.25) is 0 Å². The average Bonchev–Trinajstić information content (AvgIpc) is 2.62. The second-order valence-corrected chi connectivity index (χ2v) is 7.09. The van der Waals surface area contributed by atoms with Gasteiger partial charge in [0.25, 0.3) is 0 Å². The fourth-order valence-corrected chi connectivity index (χ4v) is 2.91. The van der Waals surface area contributed by atoms with Gasteiger partial charge < -0.3 is 19.8 Å². The van der Waals surface area contributed by atoms with Crippen molar-refractivity contribution in [3.05, 3.63) is 12.3 Å². The molecule has 1 amide bonds. The lowest BCUT2D eigenvalue weighted by atomic mass is 9.85. The number of aliphatic hydroxyl groups is 2. The van der Waals surface area contributed by atoms with Crippen molar-refractivity contribution in [1.82, 2.24) is 4.90 Å². The van der Waals surface area contributed by atoms with Gasteiger partial charge in [0, 0.05) is 51.1 Å². The molecule has 0 aromatic rings. The minimum Gasteiger partial charge on any atom is -0.396 e. The Bertz CT molecular complexity index is 426. The number of aliphatic hydroxyl groups excluding tert-OH is 2. The topological polar surface area (TPSA) is 87.1 Å². The summed E-state index contributed by atoms with van der Waals surface area (Å²) >= 11 is 0. The van der Waals surface area contributed by atoms with E-state index in [2.05, 4.69) is 0 Å². The Morgan fingerprint density at radius 2 is 1.80 bits per heavy atom. The number of ketones is 1. The van der Waals surface area contributed by atoms with Crippen molar-refractivity contribution in [2.45, 2.75) is 52.7 Å². The molecule has 0 bridgehead atoms. The van der Waals surface area contributed by atoms with Crippen LogP contribution in [0, 0.1) is 23.7 Å². The molecule has 146 valence electrons. The maximum absolute atomic E-state index is 12.5. The molecule has 0 fully saturated rings. The van der Waals surface area contributed by atoms with Crippen LogP contribution in [-0.2, 0) is 14.3 Å². The van der Waals surface area contributed by atoms with E-state index < -0.39 is 6.10 Å². The van der Waals surface area contributed by atoms with Crippen molar-refractivity contribution < 1.29 is 24.5 Å². The molecule has 0 heterocycles. The highest BCUT2D eigenvalue weighted by molar-refractivity contribution is 5.81. The zero-order valence-corrected chi connectivity index (χ0v) is 16.4. The number of Topliss-reactive ketones (excluding diaryl/α,β-unsaturated/α-hetero) is 1. The fourth-order valence-electron chi connectivity index (χ4n) is 2.91. The minimum atomic E-state index is -0.618. The largest absolute Gasteiger partial charge is 0.396 e. The Labute approximate surface area is 151 Å². The fraction of sp³-hybridized carbons (Fsp3) is 0.789. The molecule has 6 nitrogen and oxygen atoms in total. The number of rotatable bonds is 13. The van der Waals surface area contributed by atoms with Gasteiger partial charge in [-0.2, -0.15) is 0 Å². The molecule has 0 aliphatic rings. The van der Waals surface area contributed by atoms with Crippen LogP contribution in [0.1, 0.15) is 40.5 Å². The quantitative estimate of drug-likeness (QED) is 0.491. The van der Waals surface area contributed by atoms with Crippen LogP contribution >= 0.6 is 0 Å². The summed E-state index contributed by atoms with van der Waals surface area (Å²) in [6, 6.07) is 0. The molecule has 2 N–H and O–H groups in total. The summed E-state index contributed by atoms with van der Waals surface area (Å²) < 4.78 is 5.51. The summed E-state index contributed by atoms with van der Waals surface area (Å²) in [6.07, 6.45) is 4.26. The Morgan fingerprint density at radius 3 is 2.28 bits per heavy atom. The van der Waals surface area contributed by atoms with E-state index in [-0.39, 0.29) is 42.2 Å². The Kier molecular flexibility index (Phi) is 11.6. The van der Waals surface area contributed by atoms with E-state index in [9.17, 15) is 14.7 Å². The zero-order valence-electron chi connectivity index (χ0n) is 16.4. The minimum absolute atomic E-state index is 0.0243. The van der Waals surface area contributed by atoms with Gasteiger partial charge in [0.2, 0.25) is 6.41 Å². The first-order valence-corrected chi connectivity index (χ1v) is 8.89. The second-order valence-electron chi connectivity index (χ2n) is 7.09. The van der Waals surface area contributed by atoms with Gasteiger partial charge in [-0.05, 0) is 12.3 Å². The van der Waals surface area contributed by atoms with Crippen molar-refractivity contribution in [1.29, 1.82) is 0 Å². The van der Waals surface area contributed by atoms with Gasteiger partial charge in [-0.1, -0.05) is 33.8 Å². The molecule has 0 unspecified atom stereocenters. The number of nitrogens with zero attached hydrogens (tertiary/aromatic N) is 1. The van der Waals surface area contributed by atoms with Crippen LogP contribution in [-0.4, -0.2) is 60.3 Å². The number of carbonyl (C=O) groups is 2. The van der Waals surface area contributed by atoms with Gasteiger partial charge in [0.05, 0.1) is 12.2 Å². The molecular weight excluding hydrogens is 322 g/mol. The number of hydrogen-bond acceptors (Lipinski definition) is 5. The number of ether oxygens (including phenoxy) is 1. The van der Waals surface area contributed by atoms with Crippen molar-refractivity contribution in [2.75, 3.05) is 20.8 Å². The van der Waals surface area contributed by atoms with Gasteiger partial charge >= 0.3 is 0 Å². The number of hydrogen-bond donors (Lipinski definition) is 2. The molecule has 6 heteroatoms. The lowest BCUT2D eigenvalue weighted by molar-refractivity contribution is -0.128. The molecule has 0 spiro atoms. The molecule has 0 aliphatic carbocycles. The maximum atomic E-state index is 12.5. The molecule has 0 aliphatic heterocycles. The van der Waals surface area contributed by atoms with Crippen molar-refractivity contribution in [2.24, 2.45) is 23.7 Å². The molecule has 0 aromatic carbocycles. The van der Waals surface area contributed by atoms with E-state index >= 15 is 0 Å². The molecule has 0 saturated carbocycles. The average molecular weight is 357 g/mol. The van der Waals surface area contributed by atoms with Crippen LogP contribution in [0.25, 0.3) is 0 Å². The highest BCUT2D eigenvalue weighted by Crippen LogP contribution is 2.23. The normalized spacial score (nSPS) is 19.0. The first kappa shape index (κ1) is 23.8. The number of methoxy groups -OCH3 is 1. The number of amides is 1. The summed E-state index contributed by atoms with van der Waals surface area (Å²) in [5.41, 5.74) is 0. The number of carbonyl (C=O) groups excluding carboxylic acids is 2. The van der Waals surface area contributed by atoms with Crippen LogP contribution < -0.4 is 0 Å². The third-order valence-corrected chi connectivity index (χ3v) is 4.88. The van der Waals surface area contributed by atoms with E-state index in [1.807, 2.05) is 26.8 Å². The van der Waals surface area contributed by atoms with E-state index in [1.165, 1.54) is 4.90 Å². The second kappa shape index (κ2) is 12.2. The highest BCUT2D eigenvalue weighted by atomic mass is 16.5. The molecule has 6 atom stereocenters. The van der Waals surface area contributed by atoms with Crippen LogP contribution in [0.15, 0.2) is 12.3 Å². The van der Waals surface area contributed by atoms with E-state index in [0.717, 1.165) is 0 Å². The predicted molar refractivity (Wildman–Crippen MR) is 97.8 cm³/mol. The van der Waals surface area contributed by atoms with Crippen LogP contribution in [0.5, 0.6) is 0 Å². The lowest BCUT2D eigenvalue weighted by Gasteiger charge is -2.27. The smallest absolute Gasteiger partial charge is 0.213 e. The van der Waals surface area contributed by atoms with Crippen LogP contribution in [0.4, 0.5) is 0 Å². The molecular formula is C19H35NO5. The van der Waals surface area contributed by atoms with Crippen molar-refractivity contribution >= 4 is 12.2 Å². The maximum Gasteiger partial charge on any atom is 0.213 e. The first-order valence-electron chi connectivity index (χ1n) is 8.89. The van der Waals surface area contributed by atoms with Gasteiger partial charge in [0.1, 0.15) is 5.78 Å². The van der Waals surface area contributed by atoms with E-state index in [0.29, 0.717) is 19.3 Å². The van der Waals surface area contributed by atoms with Crippen LogP contribution in [0.3, 0.4) is 0 Å². The Morgan fingerprint density at radius 1 is 1.20 bits per heavy atom. The third kappa shape index (κ3) is 8.12. The van der Waals surface area contributed by atoms with Gasteiger partial charge in [-0.15, -0.1) is 0 Å². The Hall–Kier alpha value is -1.24. The van der Waals surface area contributed by atoms with Crippen molar-refractivity contribution in [3.8, 4) is 0 Å². The molecule has 0 rings (SSSR count). The molecule has 25 heavy (non-hydrogen) atoms. The van der Waals surface area contributed by atoms with Gasteiger partial charge in [-0.25, -0.2) is 0 Å². The summed E-state index contributed by atoms with van der Waals surface area (Å²) in [6.45, 7) is 7.41. The van der Waals surface area contributed by atoms with E-state index in [4.69, 9.17) is 9.84 Å². The lowest BCUT2D eigenvalue weighted by Crippen LogP contribution is -2.33. The zero-order chi connectivity index (χ0) is 19.6. The Balaban J connectivity index is 4.67. The monoisotopic (exact) mass is 357 g/mol. The molecule has 0 aromatic heterocycles. The highest BCUT2D eigenvalue weighted by Gasteiger charge is 2.28. The van der Waals surface area contributed by atoms with Gasteiger partial charge in [0.15, 0.2) is 0 Å². The van der Waals surface area contributed by atoms with E-state index in [1.54, 1.807) is 27.3 Å². The van der Waals surface area contributed by atoms with Gasteiger partial charge in [-0.3, -0.25) is 9.59 Å². The predicted octanol–water partition coefficient (Wildman–Crippen LogP) is 1.85. The van der Waals surface area contributed by atoms with Crippen molar-refractivity contribution in [3.63, 3.8) is 0 Å². The standard InChI is InChI=1S/C19H35NO5/c1-13(18(24)15(3)11-21)7-8-17(23)16(4)19(25-6)14(2)9-10-20(5)12-22/h9-10,12-16,18-19,21,24H,7-8,11H2,1-6H3/b10-9+/t13-,14+,15+,16-,18-,19+/m0/s1. The summed E-state index contributed by atoms with van der Waals surface area (Å²) in [5.74, 6) is -0.479. The summed E-state index contributed by atoms with van der Waals surface area (Å²) in [4.78, 5) is 24.5. The third-order valence-electron chi connectivity index (χ3n) is 4.88. The summed E-state index contributed by atoms with van der Waals surface area (Å²) in [5, 5.41) is 19.2. The SMILES string of the molecule is CO[C@H]([C@H](C)/C=C/N(C)C=O)[C@@H](C)C(=O)CC[C@H](C)[C@H](O)[C@H](C)CO. The first-order chi connectivity index (χ1) is 11.7. The summed E-state index contributed by atoms with van der Waals surface area (Å²) in [7, 11) is 3.23. The molecule has 0 saturated heterocycles.